The number of methoxy groups -OCH3 is 1. The van der Waals surface area contributed by atoms with E-state index >= 15 is 0 Å². The van der Waals surface area contributed by atoms with Crippen molar-refractivity contribution < 1.29 is 13.9 Å². The summed E-state index contributed by atoms with van der Waals surface area (Å²) in [6, 6.07) is 6.24. The van der Waals surface area contributed by atoms with Gasteiger partial charge in [0.15, 0.2) is 17.5 Å². The Bertz CT molecular complexity index is 1070. The maximum Gasteiger partial charge on any atom is 0.255 e. The molecule has 10 heteroatoms. The van der Waals surface area contributed by atoms with E-state index in [0.717, 1.165) is 0 Å². The lowest BCUT2D eigenvalue weighted by Crippen LogP contribution is -2.38. The average molecular weight is 422 g/mol. The lowest BCUT2D eigenvalue weighted by molar-refractivity contribution is 0.0707. The molecule has 0 saturated carbocycles. The quantitative estimate of drug-likeness (QED) is 0.605. The summed E-state index contributed by atoms with van der Waals surface area (Å²) >= 11 is 11.7. The number of rotatable bonds is 3. The fourth-order valence-electron chi connectivity index (χ4n) is 3.04. The van der Waals surface area contributed by atoms with Gasteiger partial charge in [0, 0.05) is 25.4 Å². The van der Waals surface area contributed by atoms with Gasteiger partial charge in [0.2, 0.25) is 0 Å². The average Bonchev–Trinajstić information content (AvgIpc) is 3.15. The van der Waals surface area contributed by atoms with E-state index in [4.69, 9.17) is 27.9 Å². The highest BCUT2D eigenvalue weighted by Gasteiger charge is 2.28. The maximum atomic E-state index is 13.9. The van der Waals surface area contributed by atoms with Crippen LogP contribution in [-0.4, -0.2) is 44.2 Å². The van der Waals surface area contributed by atoms with Crippen molar-refractivity contribution in [3.05, 3.63) is 57.7 Å². The Kier molecular flexibility index (Phi) is 4.91. The minimum Gasteiger partial charge on any atom is -0.497 e. The molecule has 0 fully saturated rings. The van der Waals surface area contributed by atoms with Gasteiger partial charge in [-0.2, -0.15) is 0 Å². The number of carbonyl (C=O) groups excluding carboxylic acids is 1. The highest BCUT2D eigenvalue weighted by atomic mass is 35.5. The molecule has 28 heavy (non-hydrogen) atoms. The summed E-state index contributed by atoms with van der Waals surface area (Å²) in [6.07, 6.45) is 1.63. The summed E-state index contributed by atoms with van der Waals surface area (Å²) in [7, 11) is 1.58. The van der Waals surface area contributed by atoms with E-state index in [2.05, 4.69) is 15.2 Å². The van der Waals surface area contributed by atoms with Gasteiger partial charge in [-0.25, -0.2) is 4.39 Å². The monoisotopic (exact) mass is 421 g/mol. The molecule has 2 aromatic heterocycles. The number of pyridine rings is 1. The lowest BCUT2D eigenvalue weighted by atomic mass is 10.1. The number of amides is 1. The Balaban J connectivity index is 1.60. The fourth-order valence-corrected chi connectivity index (χ4v) is 3.49. The van der Waals surface area contributed by atoms with Gasteiger partial charge in [0.1, 0.15) is 11.4 Å². The summed E-state index contributed by atoms with van der Waals surface area (Å²) in [4.78, 5) is 18.7. The second-order valence-electron chi connectivity index (χ2n) is 6.12. The third-order valence-corrected chi connectivity index (χ3v) is 5.16. The first-order chi connectivity index (χ1) is 13.5. The molecule has 0 unspecified atom stereocenters. The second kappa shape index (κ2) is 7.37. The largest absolute Gasteiger partial charge is 0.497 e. The molecule has 1 amide bonds. The van der Waals surface area contributed by atoms with Crippen LogP contribution in [0.5, 0.6) is 5.75 Å². The summed E-state index contributed by atoms with van der Waals surface area (Å²) < 4.78 is 21.1. The molecule has 144 valence electrons. The first-order valence-corrected chi connectivity index (χ1v) is 9.10. The summed E-state index contributed by atoms with van der Waals surface area (Å²) in [6.45, 7) is 1.08. The van der Waals surface area contributed by atoms with Crippen LogP contribution in [-0.2, 0) is 13.1 Å². The Labute approximate surface area is 169 Å². The minimum absolute atomic E-state index is 0.0613. The van der Waals surface area contributed by atoms with Crippen LogP contribution in [0.25, 0.3) is 11.5 Å². The van der Waals surface area contributed by atoms with E-state index in [0.29, 0.717) is 36.2 Å². The predicted molar refractivity (Wildman–Crippen MR) is 101 cm³/mol. The Morgan fingerprint density at radius 3 is 2.82 bits per heavy atom. The van der Waals surface area contributed by atoms with Crippen LogP contribution in [0.15, 0.2) is 30.5 Å². The maximum absolute atomic E-state index is 13.9. The van der Waals surface area contributed by atoms with Gasteiger partial charge in [-0.05, 0) is 18.2 Å². The number of hydrogen-bond donors (Lipinski definition) is 0. The number of halogens is 3. The molecule has 1 aliphatic heterocycles. The second-order valence-corrected chi connectivity index (χ2v) is 6.91. The number of hydrogen-bond acceptors (Lipinski definition) is 5. The van der Waals surface area contributed by atoms with Crippen molar-refractivity contribution in [2.24, 2.45) is 0 Å². The Morgan fingerprint density at radius 2 is 2.04 bits per heavy atom. The lowest BCUT2D eigenvalue weighted by Gasteiger charge is -2.28. The van der Waals surface area contributed by atoms with Crippen LogP contribution < -0.4 is 4.74 Å². The molecule has 4 rings (SSSR count). The number of aromatic nitrogens is 4. The molecule has 0 N–H and O–H groups in total. The molecule has 0 aliphatic carbocycles. The molecular weight excluding hydrogens is 408 g/mol. The van der Waals surface area contributed by atoms with Crippen molar-refractivity contribution in [2.75, 3.05) is 13.7 Å². The van der Waals surface area contributed by atoms with Crippen LogP contribution in [0, 0.1) is 5.82 Å². The summed E-state index contributed by atoms with van der Waals surface area (Å²) in [5, 5.41) is 7.97. The zero-order chi connectivity index (χ0) is 19.8. The molecule has 3 heterocycles. The molecule has 0 radical (unpaired) electrons. The van der Waals surface area contributed by atoms with Gasteiger partial charge in [-0.3, -0.25) is 9.78 Å². The number of benzene rings is 1. The zero-order valence-corrected chi connectivity index (χ0v) is 16.2. The van der Waals surface area contributed by atoms with Crippen molar-refractivity contribution >= 4 is 29.1 Å². The molecule has 3 aromatic rings. The van der Waals surface area contributed by atoms with Crippen molar-refractivity contribution in [1.82, 2.24) is 24.6 Å². The molecule has 0 atom stereocenters. The smallest absolute Gasteiger partial charge is 0.255 e. The zero-order valence-electron chi connectivity index (χ0n) is 14.7. The minimum atomic E-state index is -0.805. The van der Waals surface area contributed by atoms with Gasteiger partial charge in [-0.15, -0.1) is 10.2 Å². The molecule has 1 aliphatic rings. The molecule has 0 saturated heterocycles. The van der Waals surface area contributed by atoms with Crippen molar-refractivity contribution in [3.63, 3.8) is 0 Å². The van der Waals surface area contributed by atoms with Crippen LogP contribution >= 0.6 is 23.2 Å². The van der Waals surface area contributed by atoms with Crippen molar-refractivity contribution in [3.8, 4) is 17.3 Å². The first-order valence-electron chi connectivity index (χ1n) is 8.35. The first kappa shape index (κ1) is 18.6. The number of nitrogens with zero attached hydrogens (tertiary/aromatic N) is 5. The SMILES string of the molecule is COc1ccnc(-c2nnc3n2CCN(C(=O)c2ccc(Cl)c(F)c2Cl)C3)c1. The third-order valence-electron chi connectivity index (χ3n) is 4.50. The standard InChI is InChI=1S/C18H14Cl2FN5O2/c1-28-10-4-5-22-13(8-10)17-24-23-14-9-25(6-7-26(14)17)18(27)11-2-3-12(19)16(21)15(11)20/h2-5,8H,6-7,9H2,1H3. The van der Waals surface area contributed by atoms with Crippen molar-refractivity contribution in [2.45, 2.75) is 13.1 Å². The topological polar surface area (TPSA) is 73.1 Å². The van der Waals surface area contributed by atoms with E-state index in [9.17, 15) is 9.18 Å². The van der Waals surface area contributed by atoms with E-state index in [-0.39, 0.29) is 22.2 Å². The number of ether oxygens (including phenoxy) is 1. The van der Waals surface area contributed by atoms with E-state index in [1.165, 1.54) is 12.1 Å². The molecule has 1 aromatic carbocycles. The third kappa shape index (κ3) is 3.18. The molecular formula is C18H14Cl2FN5O2. The van der Waals surface area contributed by atoms with Crippen LogP contribution in [0.3, 0.4) is 0 Å². The van der Waals surface area contributed by atoms with Crippen LogP contribution in [0.2, 0.25) is 10.0 Å². The van der Waals surface area contributed by atoms with Gasteiger partial charge in [0.25, 0.3) is 5.91 Å². The number of fused-ring (bicyclic) bond motifs is 1. The number of carbonyl (C=O) groups is 1. The highest BCUT2D eigenvalue weighted by molar-refractivity contribution is 6.37. The molecule has 7 nitrogen and oxygen atoms in total. The summed E-state index contributed by atoms with van der Waals surface area (Å²) in [5.41, 5.74) is 0.687. The van der Waals surface area contributed by atoms with E-state index in [1.807, 2.05) is 4.57 Å². The van der Waals surface area contributed by atoms with Gasteiger partial charge < -0.3 is 14.2 Å². The van der Waals surface area contributed by atoms with Gasteiger partial charge >= 0.3 is 0 Å². The van der Waals surface area contributed by atoms with Gasteiger partial charge in [-0.1, -0.05) is 23.2 Å². The van der Waals surface area contributed by atoms with Gasteiger partial charge in [0.05, 0.1) is 29.3 Å². The molecule has 0 spiro atoms. The highest BCUT2D eigenvalue weighted by Crippen LogP contribution is 2.29. The summed E-state index contributed by atoms with van der Waals surface area (Å²) in [5.74, 6) is 0.660. The van der Waals surface area contributed by atoms with Crippen LogP contribution in [0.4, 0.5) is 4.39 Å². The Hall–Kier alpha value is -2.71. The Morgan fingerprint density at radius 1 is 1.21 bits per heavy atom. The normalized spacial score (nSPS) is 13.4. The fraction of sp³-hybridized carbons (Fsp3) is 0.222. The molecule has 0 bridgehead atoms. The van der Waals surface area contributed by atoms with E-state index < -0.39 is 11.7 Å². The van der Waals surface area contributed by atoms with Crippen molar-refractivity contribution in [1.29, 1.82) is 0 Å². The van der Waals surface area contributed by atoms with Crippen LogP contribution in [0.1, 0.15) is 16.2 Å². The predicted octanol–water partition coefficient (Wildman–Crippen LogP) is 3.45. The van der Waals surface area contributed by atoms with E-state index in [1.54, 1.807) is 30.3 Å².